The number of phenols is 2. The van der Waals surface area contributed by atoms with Crippen LogP contribution in [0.3, 0.4) is 0 Å². The standard InChI is InChI=1S/C16H14O6/c1-6-8(18)4-10-13(14(6)20)16(3)11(22-10)5-9(19)12(7(2)17)15(16)21/h4-5,18-20H,1-3H3. The van der Waals surface area contributed by atoms with Gasteiger partial charge in [-0.1, -0.05) is 0 Å². The van der Waals surface area contributed by atoms with Crippen molar-refractivity contribution in [1.29, 1.82) is 0 Å². The molecule has 0 spiro atoms. The van der Waals surface area contributed by atoms with Crippen LogP contribution in [0.2, 0.25) is 0 Å². The second-order valence-corrected chi connectivity index (χ2v) is 5.62. The number of Topliss-reactive ketones (excluding diaryl/α,β-unsaturated/α-hetero) is 2. The lowest BCUT2D eigenvalue weighted by Gasteiger charge is -2.27. The summed E-state index contributed by atoms with van der Waals surface area (Å²) in [6.07, 6.45) is 1.20. The number of aromatic hydroxyl groups is 2. The zero-order valence-electron chi connectivity index (χ0n) is 12.2. The third-order valence-corrected chi connectivity index (χ3v) is 4.26. The number of rotatable bonds is 1. The lowest BCUT2D eigenvalue weighted by atomic mass is 9.71. The summed E-state index contributed by atoms with van der Waals surface area (Å²) >= 11 is 0. The zero-order chi connectivity index (χ0) is 16.4. The number of allylic oxidation sites excluding steroid dienone is 3. The Labute approximate surface area is 126 Å². The van der Waals surface area contributed by atoms with Crippen molar-refractivity contribution in [3.05, 3.63) is 40.4 Å². The minimum atomic E-state index is -1.41. The number of fused-ring (bicyclic) bond motifs is 3. The van der Waals surface area contributed by atoms with Crippen molar-refractivity contribution in [3.63, 3.8) is 0 Å². The molecule has 6 heteroatoms. The van der Waals surface area contributed by atoms with Crippen LogP contribution in [0.5, 0.6) is 17.2 Å². The van der Waals surface area contributed by atoms with Gasteiger partial charge in [0, 0.05) is 17.7 Å². The molecule has 0 radical (unpaired) electrons. The van der Waals surface area contributed by atoms with Crippen LogP contribution in [0.4, 0.5) is 0 Å². The smallest absolute Gasteiger partial charge is 0.188 e. The molecule has 0 amide bonds. The van der Waals surface area contributed by atoms with Gasteiger partial charge in [-0.2, -0.15) is 0 Å². The monoisotopic (exact) mass is 302 g/mol. The molecule has 0 fully saturated rings. The predicted molar refractivity (Wildman–Crippen MR) is 75.9 cm³/mol. The number of aliphatic hydroxyl groups excluding tert-OH is 1. The van der Waals surface area contributed by atoms with Crippen LogP contribution in [-0.2, 0) is 15.0 Å². The molecule has 114 valence electrons. The molecule has 6 nitrogen and oxygen atoms in total. The molecule has 1 atom stereocenters. The Balaban J connectivity index is 2.33. The zero-order valence-corrected chi connectivity index (χ0v) is 12.2. The molecular weight excluding hydrogens is 288 g/mol. The maximum Gasteiger partial charge on any atom is 0.188 e. The summed E-state index contributed by atoms with van der Waals surface area (Å²) in [4.78, 5) is 24.4. The molecule has 1 aliphatic carbocycles. The average Bonchev–Trinajstić information content (AvgIpc) is 2.69. The molecule has 2 aliphatic rings. The largest absolute Gasteiger partial charge is 0.507 e. The van der Waals surface area contributed by atoms with E-state index in [-0.39, 0.29) is 39.7 Å². The highest BCUT2D eigenvalue weighted by Crippen LogP contribution is 2.55. The molecule has 0 saturated carbocycles. The number of benzene rings is 1. The van der Waals surface area contributed by atoms with Crippen LogP contribution in [0.25, 0.3) is 0 Å². The van der Waals surface area contributed by atoms with E-state index in [1.807, 2.05) is 0 Å². The van der Waals surface area contributed by atoms with Gasteiger partial charge in [-0.05, 0) is 20.8 Å². The van der Waals surface area contributed by atoms with Gasteiger partial charge in [-0.3, -0.25) is 9.59 Å². The van der Waals surface area contributed by atoms with E-state index in [0.29, 0.717) is 0 Å². The number of hydrogen-bond donors (Lipinski definition) is 3. The molecule has 0 aromatic heterocycles. The van der Waals surface area contributed by atoms with E-state index in [2.05, 4.69) is 0 Å². The number of hydrogen-bond acceptors (Lipinski definition) is 6. The van der Waals surface area contributed by atoms with E-state index in [1.54, 1.807) is 0 Å². The SMILES string of the molecule is CC(=O)C1=C(O)C=C2Oc3cc(O)c(C)c(O)c3C2(C)C1=O. The summed E-state index contributed by atoms with van der Waals surface area (Å²) < 4.78 is 5.51. The lowest BCUT2D eigenvalue weighted by Crippen LogP contribution is -2.38. The molecule has 1 aromatic rings. The first-order valence-electron chi connectivity index (χ1n) is 6.64. The van der Waals surface area contributed by atoms with Crippen LogP contribution in [-0.4, -0.2) is 26.9 Å². The van der Waals surface area contributed by atoms with Gasteiger partial charge in [0.25, 0.3) is 0 Å². The maximum atomic E-state index is 12.8. The average molecular weight is 302 g/mol. The summed E-state index contributed by atoms with van der Waals surface area (Å²) in [5.74, 6) is -1.88. The van der Waals surface area contributed by atoms with Crippen molar-refractivity contribution in [1.82, 2.24) is 0 Å². The Bertz CT molecular complexity index is 814. The fourth-order valence-electron chi connectivity index (χ4n) is 2.94. The van der Waals surface area contributed by atoms with Gasteiger partial charge >= 0.3 is 0 Å². The number of ketones is 2. The van der Waals surface area contributed by atoms with Crippen LogP contribution in [0.1, 0.15) is 25.0 Å². The maximum absolute atomic E-state index is 12.8. The number of ether oxygens (including phenoxy) is 1. The fourth-order valence-corrected chi connectivity index (χ4v) is 2.94. The Morgan fingerprint density at radius 3 is 2.50 bits per heavy atom. The Morgan fingerprint density at radius 2 is 1.91 bits per heavy atom. The van der Waals surface area contributed by atoms with E-state index >= 15 is 0 Å². The van der Waals surface area contributed by atoms with Crippen LogP contribution in [0, 0.1) is 6.92 Å². The minimum absolute atomic E-state index is 0.107. The highest BCUT2D eigenvalue weighted by Gasteiger charge is 2.54. The summed E-state index contributed by atoms with van der Waals surface area (Å²) in [6, 6.07) is 1.30. The highest BCUT2D eigenvalue weighted by molar-refractivity contribution is 6.25. The predicted octanol–water partition coefficient (Wildman–Crippen LogP) is 1.92. The molecule has 0 bridgehead atoms. The van der Waals surface area contributed by atoms with Gasteiger partial charge in [0.05, 0.1) is 5.56 Å². The Hall–Kier alpha value is -2.76. The molecule has 1 aromatic carbocycles. The first-order chi connectivity index (χ1) is 10.2. The number of carbonyl (C=O) groups is 2. The summed E-state index contributed by atoms with van der Waals surface area (Å²) in [7, 11) is 0. The lowest BCUT2D eigenvalue weighted by molar-refractivity contribution is -0.123. The van der Waals surface area contributed by atoms with Gasteiger partial charge in [0.1, 0.15) is 39.8 Å². The van der Waals surface area contributed by atoms with Crippen molar-refractivity contribution in [3.8, 4) is 17.2 Å². The molecule has 0 saturated heterocycles. The third kappa shape index (κ3) is 1.49. The van der Waals surface area contributed by atoms with E-state index in [0.717, 1.165) is 0 Å². The first-order valence-corrected chi connectivity index (χ1v) is 6.64. The van der Waals surface area contributed by atoms with Gasteiger partial charge in [-0.15, -0.1) is 0 Å². The van der Waals surface area contributed by atoms with Crippen LogP contribution in [0.15, 0.2) is 29.2 Å². The van der Waals surface area contributed by atoms with Gasteiger partial charge in [-0.25, -0.2) is 0 Å². The summed E-state index contributed by atoms with van der Waals surface area (Å²) in [6.45, 7) is 4.20. The second-order valence-electron chi connectivity index (χ2n) is 5.62. The third-order valence-electron chi connectivity index (χ3n) is 4.26. The second kappa shape index (κ2) is 4.13. The molecule has 3 rings (SSSR count). The summed E-state index contributed by atoms with van der Waals surface area (Å²) in [5.41, 5.74) is -1.34. The fraction of sp³-hybridized carbons (Fsp3) is 0.250. The van der Waals surface area contributed by atoms with Gasteiger partial charge in [0.2, 0.25) is 0 Å². The van der Waals surface area contributed by atoms with Gasteiger partial charge in [0.15, 0.2) is 11.6 Å². The van der Waals surface area contributed by atoms with Crippen molar-refractivity contribution < 1.29 is 29.6 Å². The Morgan fingerprint density at radius 1 is 1.27 bits per heavy atom. The van der Waals surface area contributed by atoms with E-state index in [1.165, 1.54) is 32.9 Å². The normalized spacial score (nSPS) is 22.9. The molecule has 1 unspecified atom stereocenters. The Kier molecular flexibility index (Phi) is 2.66. The topological polar surface area (TPSA) is 104 Å². The van der Waals surface area contributed by atoms with E-state index in [9.17, 15) is 24.9 Å². The van der Waals surface area contributed by atoms with Crippen LogP contribution >= 0.6 is 0 Å². The number of carbonyl (C=O) groups excluding carboxylic acids is 2. The van der Waals surface area contributed by atoms with Crippen molar-refractivity contribution in [2.75, 3.05) is 0 Å². The number of aliphatic hydroxyl groups is 1. The first kappa shape index (κ1) is 14.2. The quantitative estimate of drug-likeness (QED) is 0.685. The molecule has 1 aliphatic heterocycles. The molecular formula is C16H14O6. The highest BCUT2D eigenvalue weighted by atomic mass is 16.5. The van der Waals surface area contributed by atoms with Crippen molar-refractivity contribution in [2.45, 2.75) is 26.2 Å². The van der Waals surface area contributed by atoms with E-state index in [4.69, 9.17) is 4.74 Å². The minimum Gasteiger partial charge on any atom is -0.507 e. The van der Waals surface area contributed by atoms with E-state index < -0.39 is 22.7 Å². The molecule has 1 heterocycles. The summed E-state index contributed by atoms with van der Waals surface area (Å²) in [5, 5.41) is 30.0. The molecule has 3 N–H and O–H groups in total. The van der Waals surface area contributed by atoms with Crippen LogP contribution < -0.4 is 4.74 Å². The van der Waals surface area contributed by atoms with Gasteiger partial charge < -0.3 is 20.1 Å². The molecule has 22 heavy (non-hydrogen) atoms. The van der Waals surface area contributed by atoms with Crippen molar-refractivity contribution >= 4 is 11.6 Å². The van der Waals surface area contributed by atoms with Crippen molar-refractivity contribution in [2.24, 2.45) is 0 Å². The number of phenolic OH excluding ortho intramolecular Hbond substituents is 2.